The Labute approximate surface area is 120 Å². The zero-order valence-electron chi connectivity index (χ0n) is 10.4. The third-order valence-corrected chi connectivity index (χ3v) is 4.82. The Hall–Kier alpha value is -0.900. The predicted molar refractivity (Wildman–Crippen MR) is 74.4 cm³/mol. The molecule has 0 aliphatic rings. The Morgan fingerprint density at radius 3 is 2.79 bits per heavy atom. The summed E-state index contributed by atoms with van der Waals surface area (Å²) in [5.74, 6) is -0.665. The molecule has 0 saturated heterocycles. The number of esters is 1. The number of carbonyl (C=O) groups is 1. The van der Waals surface area contributed by atoms with E-state index in [1.807, 2.05) is 0 Å². The van der Waals surface area contributed by atoms with E-state index in [0.717, 1.165) is 11.3 Å². The average molecular weight is 328 g/mol. The Balaban J connectivity index is 2.58. The first-order valence-electron chi connectivity index (χ1n) is 5.35. The molecule has 0 aromatic carbocycles. The van der Waals surface area contributed by atoms with Crippen molar-refractivity contribution >= 4 is 44.1 Å². The van der Waals surface area contributed by atoms with Crippen molar-refractivity contribution in [2.75, 3.05) is 31.3 Å². The van der Waals surface area contributed by atoms with E-state index in [1.165, 1.54) is 7.11 Å². The summed E-state index contributed by atoms with van der Waals surface area (Å²) in [5.41, 5.74) is 0. The Bertz CT molecular complexity index is 544. The topological polar surface area (TPSA) is 97.4 Å². The number of nitrogens with one attached hydrogen (secondary N) is 2. The number of ether oxygens (including phenoxy) is 1. The lowest BCUT2D eigenvalue weighted by Gasteiger charge is -2.04. The van der Waals surface area contributed by atoms with Gasteiger partial charge in [-0.05, 0) is 0 Å². The molecule has 0 spiro atoms. The summed E-state index contributed by atoms with van der Waals surface area (Å²) in [5, 5.41) is 3.20. The van der Waals surface area contributed by atoms with Gasteiger partial charge in [0.2, 0.25) is 10.0 Å². The second kappa shape index (κ2) is 7.04. The third kappa shape index (κ3) is 4.94. The lowest BCUT2D eigenvalue weighted by Crippen LogP contribution is -2.29. The zero-order valence-corrected chi connectivity index (χ0v) is 12.8. The fourth-order valence-electron chi connectivity index (χ4n) is 1.18. The maximum absolute atomic E-state index is 11.4. The standard InChI is InChI=1S/C9H14ClN3O4S2/c1-3-12-19(15,16)5-4-11-9-13-7(10)6(18-9)8(14)17-2/h12H,3-5H2,1-2H3,(H,11,13). The van der Waals surface area contributed by atoms with Crippen molar-refractivity contribution in [3.63, 3.8) is 0 Å². The van der Waals surface area contributed by atoms with E-state index in [1.54, 1.807) is 6.92 Å². The van der Waals surface area contributed by atoms with Crippen LogP contribution in [0.2, 0.25) is 5.15 Å². The Kier molecular flexibility index (Phi) is 5.98. The number of nitrogens with zero attached hydrogens (tertiary/aromatic N) is 1. The molecule has 0 fully saturated rings. The smallest absolute Gasteiger partial charge is 0.351 e. The molecule has 0 unspecified atom stereocenters. The van der Waals surface area contributed by atoms with Crippen molar-refractivity contribution < 1.29 is 17.9 Å². The monoisotopic (exact) mass is 327 g/mol. The number of thiazole rings is 1. The van der Waals surface area contributed by atoms with Crippen molar-refractivity contribution in [2.45, 2.75) is 6.92 Å². The van der Waals surface area contributed by atoms with E-state index >= 15 is 0 Å². The highest BCUT2D eigenvalue weighted by molar-refractivity contribution is 7.89. The van der Waals surface area contributed by atoms with Gasteiger partial charge in [0.25, 0.3) is 0 Å². The molecular weight excluding hydrogens is 314 g/mol. The van der Waals surface area contributed by atoms with Crippen LogP contribution in [0.4, 0.5) is 5.13 Å². The minimum absolute atomic E-state index is 0.0360. The van der Waals surface area contributed by atoms with Crippen LogP contribution in [0, 0.1) is 0 Å². The minimum Gasteiger partial charge on any atom is -0.465 e. The first-order chi connectivity index (χ1) is 8.89. The Morgan fingerprint density at radius 2 is 2.21 bits per heavy atom. The fraction of sp³-hybridized carbons (Fsp3) is 0.556. The molecule has 1 aromatic heterocycles. The highest BCUT2D eigenvalue weighted by atomic mass is 35.5. The number of hydrogen-bond donors (Lipinski definition) is 2. The number of hydrogen-bond acceptors (Lipinski definition) is 7. The van der Waals surface area contributed by atoms with Gasteiger partial charge in [0.05, 0.1) is 12.9 Å². The lowest BCUT2D eigenvalue weighted by molar-refractivity contribution is 0.0606. The van der Waals surface area contributed by atoms with Crippen LogP contribution in [0.1, 0.15) is 16.6 Å². The molecule has 7 nitrogen and oxygen atoms in total. The molecule has 10 heteroatoms. The maximum Gasteiger partial charge on any atom is 0.351 e. The van der Waals surface area contributed by atoms with E-state index in [2.05, 4.69) is 19.8 Å². The van der Waals surface area contributed by atoms with Crippen LogP contribution in [0.15, 0.2) is 0 Å². The molecule has 0 atom stereocenters. The first-order valence-corrected chi connectivity index (χ1v) is 8.20. The second-order valence-electron chi connectivity index (χ2n) is 3.37. The largest absolute Gasteiger partial charge is 0.465 e. The average Bonchev–Trinajstić information content (AvgIpc) is 2.69. The van der Waals surface area contributed by atoms with Crippen LogP contribution in [0.3, 0.4) is 0 Å². The second-order valence-corrected chi connectivity index (χ2v) is 6.66. The van der Waals surface area contributed by atoms with Crippen LogP contribution < -0.4 is 10.0 Å². The van der Waals surface area contributed by atoms with E-state index in [-0.39, 0.29) is 22.3 Å². The van der Waals surface area contributed by atoms with E-state index in [0.29, 0.717) is 11.7 Å². The molecule has 0 radical (unpaired) electrons. The number of rotatable bonds is 7. The lowest BCUT2D eigenvalue weighted by atomic mass is 10.6. The number of halogens is 1. The van der Waals surface area contributed by atoms with Crippen LogP contribution in [-0.2, 0) is 14.8 Å². The first kappa shape index (κ1) is 16.2. The summed E-state index contributed by atoms with van der Waals surface area (Å²) >= 11 is 6.78. The zero-order chi connectivity index (χ0) is 14.5. The van der Waals surface area contributed by atoms with Gasteiger partial charge in [-0.15, -0.1) is 0 Å². The van der Waals surface area contributed by atoms with Crippen molar-refractivity contribution in [1.82, 2.24) is 9.71 Å². The van der Waals surface area contributed by atoms with Gasteiger partial charge < -0.3 is 10.1 Å². The quantitative estimate of drug-likeness (QED) is 0.723. The van der Waals surface area contributed by atoms with Gasteiger partial charge in [0.1, 0.15) is 0 Å². The molecule has 19 heavy (non-hydrogen) atoms. The molecule has 0 aliphatic carbocycles. The van der Waals surface area contributed by atoms with Gasteiger partial charge in [-0.3, -0.25) is 0 Å². The van der Waals surface area contributed by atoms with Gasteiger partial charge in [-0.1, -0.05) is 29.9 Å². The normalized spacial score (nSPS) is 11.3. The van der Waals surface area contributed by atoms with Crippen molar-refractivity contribution in [3.05, 3.63) is 10.0 Å². The van der Waals surface area contributed by atoms with Gasteiger partial charge in [0.15, 0.2) is 15.2 Å². The highest BCUT2D eigenvalue weighted by Crippen LogP contribution is 2.27. The molecule has 1 rings (SSSR count). The Morgan fingerprint density at radius 1 is 1.53 bits per heavy atom. The number of aromatic nitrogens is 1. The van der Waals surface area contributed by atoms with Crippen LogP contribution in [0.25, 0.3) is 0 Å². The highest BCUT2D eigenvalue weighted by Gasteiger charge is 2.17. The van der Waals surface area contributed by atoms with E-state index < -0.39 is 16.0 Å². The molecule has 108 valence electrons. The molecule has 0 aliphatic heterocycles. The fourth-order valence-corrected chi connectivity index (χ4v) is 3.26. The van der Waals surface area contributed by atoms with Crippen LogP contribution >= 0.6 is 22.9 Å². The molecule has 0 amide bonds. The summed E-state index contributed by atoms with van der Waals surface area (Å²) < 4.78 is 29.7. The maximum atomic E-state index is 11.4. The molecule has 0 saturated carbocycles. The molecule has 1 heterocycles. The molecular formula is C9H14ClN3O4S2. The predicted octanol–water partition coefficient (Wildman–Crippen LogP) is 0.934. The summed E-state index contributed by atoms with van der Waals surface area (Å²) in [6, 6.07) is 0. The third-order valence-electron chi connectivity index (χ3n) is 1.97. The summed E-state index contributed by atoms with van der Waals surface area (Å²) in [6.45, 7) is 2.21. The van der Waals surface area contributed by atoms with Gasteiger partial charge in [-0.25, -0.2) is 22.9 Å². The van der Waals surface area contributed by atoms with E-state index in [9.17, 15) is 13.2 Å². The number of sulfonamides is 1. The van der Waals surface area contributed by atoms with Gasteiger partial charge in [-0.2, -0.15) is 0 Å². The molecule has 0 bridgehead atoms. The number of carbonyl (C=O) groups excluding carboxylic acids is 1. The number of methoxy groups -OCH3 is 1. The minimum atomic E-state index is -3.29. The van der Waals surface area contributed by atoms with Crippen molar-refractivity contribution in [1.29, 1.82) is 0 Å². The van der Waals surface area contributed by atoms with Gasteiger partial charge in [0, 0.05) is 13.1 Å². The summed E-state index contributed by atoms with van der Waals surface area (Å²) in [6.07, 6.45) is 0. The molecule has 1 aromatic rings. The van der Waals surface area contributed by atoms with Gasteiger partial charge >= 0.3 is 5.97 Å². The van der Waals surface area contributed by atoms with Crippen molar-refractivity contribution in [2.24, 2.45) is 0 Å². The summed E-state index contributed by atoms with van der Waals surface area (Å²) in [4.78, 5) is 15.4. The van der Waals surface area contributed by atoms with Crippen LogP contribution in [-0.4, -0.2) is 45.3 Å². The van der Waals surface area contributed by atoms with Crippen LogP contribution in [0.5, 0.6) is 0 Å². The summed E-state index contributed by atoms with van der Waals surface area (Å²) in [7, 11) is -2.04. The number of anilines is 1. The molecule has 2 N–H and O–H groups in total. The van der Waals surface area contributed by atoms with Crippen molar-refractivity contribution in [3.8, 4) is 0 Å². The SMILES string of the molecule is CCNS(=O)(=O)CCNc1nc(Cl)c(C(=O)OC)s1. The van der Waals surface area contributed by atoms with E-state index in [4.69, 9.17) is 11.6 Å².